The normalized spacial score (nSPS) is 25.6. The van der Waals surface area contributed by atoms with Gasteiger partial charge in [0, 0.05) is 0 Å². The first-order chi connectivity index (χ1) is 15.4. The molecule has 3 N–H and O–H groups in total. The molecule has 1 saturated heterocycles. The minimum absolute atomic E-state index is 0.00842. The van der Waals surface area contributed by atoms with E-state index in [1.54, 1.807) is 0 Å². The van der Waals surface area contributed by atoms with Crippen LogP contribution in [0.2, 0.25) is 0 Å². The lowest BCUT2D eigenvalue weighted by molar-refractivity contribution is -0.156. The van der Waals surface area contributed by atoms with Gasteiger partial charge in [0.25, 0.3) is 0 Å². The number of hydrogen-bond donors (Lipinski definition) is 3. The van der Waals surface area contributed by atoms with Crippen molar-refractivity contribution in [3.8, 4) is 0 Å². The van der Waals surface area contributed by atoms with E-state index in [1.165, 1.54) is 0 Å². The van der Waals surface area contributed by atoms with Crippen LogP contribution in [-0.2, 0) is 23.9 Å². The van der Waals surface area contributed by atoms with Crippen molar-refractivity contribution < 1.29 is 23.9 Å². The van der Waals surface area contributed by atoms with Gasteiger partial charge in [-0.25, -0.2) is 4.79 Å². The Bertz CT molecular complexity index is 662. The van der Waals surface area contributed by atoms with Gasteiger partial charge in [-0.1, -0.05) is 61.3 Å². The summed E-state index contributed by atoms with van der Waals surface area (Å²) >= 11 is 0. The Hall–Kier alpha value is -2.12. The Balaban J connectivity index is 3.28. The molecule has 0 saturated carbocycles. The van der Waals surface area contributed by atoms with E-state index in [4.69, 9.17) is 4.74 Å². The first-order valence-electron chi connectivity index (χ1n) is 12.5. The molecule has 0 spiro atoms. The van der Waals surface area contributed by atoms with Crippen LogP contribution in [0.3, 0.4) is 0 Å². The van der Waals surface area contributed by atoms with E-state index in [0.29, 0.717) is 19.3 Å². The number of cyclic esters (lactones) is 1. The van der Waals surface area contributed by atoms with Crippen LogP contribution in [0.1, 0.15) is 93.4 Å². The minimum atomic E-state index is -0.854. The van der Waals surface area contributed by atoms with Crippen molar-refractivity contribution in [2.24, 2.45) is 17.8 Å². The highest BCUT2D eigenvalue weighted by molar-refractivity contribution is 5.94. The lowest BCUT2D eigenvalue weighted by Crippen LogP contribution is -2.56. The molecule has 1 aliphatic rings. The minimum Gasteiger partial charge on any atom is -0.460 e. The van der Waals surface area contributed by atoms with Crippen LogP contribution < -0.4 is 16.0 Å². The third kappa shape index (κ3) is 10.6. The maximum atomic E-state index is 13.1. The lowest BCUT2D eigenvalue weighted by atomic mass is 9.99. The van der Waals surface area contributed by atoms with E-state index in [2.05, 4.69) is 22.9 Å². The molecule has 190 valence electrons. The summed E-state index contributed by atoms with van der Waals surface area (Å²) in [5.74, 6) is -1.57. The first kappa shape index (κ1) is 28.9. The monoisotopic (exact) mass is 467 g/mol. The summed E-state index contributed by atoms with van der Waals surface area (Å²) < 4.78 is 5.74. The number of esters is 1. The molecule has 0 radical (unpaired) electrons. The Morgan fingerprint density at radius 1 is 0.818 bits per heavy atom. The zero-order valence-corrected chi connectivity index (χ0v) is 21.5. The zero-order valence-electron chi connectivity index (χ0n) is 21.5. The SMILES string of the molecule is CCCCCC1CC(=O)NC(CC(C)C)C(=O)NC(CC(C)C)C(=O)NC(C(C)C)C(=O)O1. The summed E-state index contributed by atoms with van der Waals surface area (Å²) in [4.78, 5) is 52.1. The topological polar surface area (TPSA) is 114 Å². The predicted molar refractivity (Wildman–Crippen MR) is 128 cm³/mol. The quantitative estimate of drug-likeness (QED) is 0.356. The summed E-state index contributed by atoms with van der Waals surface area (Å²) in [5, 5.41) is 8.44. The van der Waals surface area contributed by atoms with Crippen molar-refractivity contribution in [2.45, 2.75) is 118 Å². The number of nitrogens with one attached hydrogen (secondary N) is 3. The van der Waals surface area contributed by atoms with Crippen LogP contribution in [-0.4, -0.2) is 47.9 Å². The van der Waals surface area contributed by atoms with Gasteiger partial charge >= 0.3 is 5.97 Å². The van der Waals surface area contributed by atoms with Gasteiger partial charge in [0.2, 0.25) is 17.7 Å². The molecule has 33 heavy (non-hydrogen) atoms. The number of rotatable bonds is 9. The Morgan fingerprint density at radius 3 is 1.88 bits per heavy atom. The molecule has 0 aliphatic carbocycles. The van der Waals surface area contributed by atoms with Gasteiger partial charge in [-0.2, -0.15) is 0 Å². The van der Waals surface area contributed by atoms with E-state index in [-0.39, 0.29) is 36.0 Å². The molecular formula is C25H45N3O5. The second kappa shape index (κ2) is 14.2. The second-order valence-electron chi connectivity index (χ2n) is 10.4. The summed E-state index contributed by atoms with van der Waals surface area (Å²) in [6, 6.07) is -2.42. The third-order valence-electron chi connectivity index (χ3n) is 5.74. The van der Waals surface area contributed by atoms with Crippen molar-refractivity contribution in [2.75, 3.05) is 0 Å². The molecule has 3 amide bonds. The van der Waals surface area contributed by atoms with Gasteiger partial charge in [-0.3, -0.25) is 14.4 Å². The molecule has 0 bridgehead atoms. The highest BCUT2D eigenvalue weighted by atomic mass is 16.5. The Morgan fingerprint density at radius 2 is 1.36 bits per heavy atom. The maximum absolute atomic E-state index is 13.1. The van der Waals surface area contributed by atoms with Crippen molar-refractivity contribution in [1.29, 1.82) is 0 Å². The zero-order chi connectivity index (χ0) is 25.1. The standard InChI is InChI=1S/C25H45N3O5/c1-8-9-10-11-18-14-21(29)26-19(12-15(2)3)23(30)27-20(13-16(4)5)24(31)28-22(17(6)7)25(32)33-18/h15-20,22H,8-14H2,1-7H3,(H,26,29)(H,27,30)(H,28,31). The van der Waals surface area contributed by atoms with Gasteiger partial charge in [0.15, 0.2) is 0 Å². The molecule has 1 fully saturated rings. The molecule has 0 aromatic rings. The van der Waals surface area contributed by atoms with Gasteiger partial charge in [0.05, 0.1) is 6.42 Å². The average Bonchev–Trinajstić information content (AvgIpc) is 2.69. The van der Waals surface area contributed by atoms with Crippen molar-refractivity contribution in [3.63, 3.8) is 0 Å². The second-order valence-corrected chi connectivity index (χ2v) is 10.4. The van der Waals surface area contributed by atoms with Crippen LogP contribution in [0, 0.1) is 17.8 Å². The summed E-state index contributed by atoms with van der Waals surface area (Å²) in [5.41, 5.74) is 0. The van der Waals surface area contributed by atoms with Gasteiger partial charge < -0.3 is 20.7 Å². The van der Waals surface area contributed by atoms with Crippen molar-refractivity contribution in [3.05, 3.63) is 0 Å². The van der Waals surface area contributed by atoms with E-state index in [0.717, 1.165) is 19.3 Å². The van der Waals surface area contributed by atoms with E-state index in [9.17, 15) is 19.2 Å². The molecule has 1 rings (SSSR count). The number of amides is 3. The van der Waals surface area contributed by atoms with Gasteiger partial charge in [-0.15, -0.1) is 0 Å². The van der Waals surface area contributed by atoms with Crippen LogP contribution in [0.25, 0.3) is 0 Å². The predicted octanol–water partition coefficient (Wildman–Crippen LogP) is 3.08. The smallest absolute Gasteiger partial charge is 0.329 e. The molecule has 4 atom stereocenters. The number of unbranched alkanes of at least 4 members (excludes halogenated alkanes) is 2. The number of ether oxygens (including phenoxy) is 1. The highest BCUT2D eigenvalue weighted by Gasteiger charge is 2.34. The Kier molecular flexibility index (Phi) is 12.4. The third-order valence-corrected chi connectivity index (χ3v) is 5.74. The van der Waals surface area contributed by atoms with Crippen LogP contribution in [0.4, 0.5) is 0 Å². The Labute approximate surface area is 199 Å². The van der Waals surface area contributed by atoms with Gasteiger partial charge in [-0.05, 0) is 43.4 Å². The number of carbonyl (C=O) groups excluding carboxylic acids is 4. The fraction of sp³-hybridized carbons (Fsp3) is 0.840. The van der Waals surface area contributed by atoms with Crippen molar-refractivity contribution in [1.82, 2.24) is 16.0 Å². The molecule has 0 aromatic carbocycles. The number of hydrogen-bond acceptors (Lipinski definition) is 5. The lowest BCUT2D eigenvalue weighted by Gasteiger charge is -2.27. The van der Waals surface area contributed by atoms with Crippen LogP contribution in [0.5, 0.6) is 0 Å². The summed E-state index contributed by atoms with van der Waals surface area (Å²) in [7, 11) is 0. The van der Waals surface area contributed by atoms with E-state index < -0.39 is 36.1 Å². The maximum Gasteiger partial charge on any atom is 0.329 e. The molecule has 0 aromatic heterocycles. The molecule has 1 aliphatic heterocycles. The summed E-state index contributed by atoms with van der Waals surface area (Å²) in [6.45, 7) is 13.6. The van der Waals surface area contributed by atoms with E-state index >= 15 is 0 Å². The summed E-state index contributed by atoms with van der Waals surface area (Å²) in [6.07, 6.45) is 3.61. The number of carbonyl (C=O) groups is 4. The molecule has 8 heteroatoms. The largest absolute Gasteiger partial charge is 0.460 e. The molecular weight excluding hydrogens is 422 g/mol. The highest BCUT2D eigenvalue weighted by Crippen LogP contribution is 2.16. The van der Waals surface area contributed by atoms with Crippen LogP contribution >= 0.6 is 0 Å². The van der Waals surface area contributed by atoms with E-state index in [1.807, 2.05) is 41.5 Å². The fourth-order valence-electron chi connectivity index (χ4n) is 3.95. The average molecular weight is 468 g/mol. The fourth-order valence-corrected chi connectivity index (χ4v) is 3.95. The van der Waals surface area contributed by atoms with Gasteiger partial charge in [0.1, 0.15) is 24.2 Å². The molecule has 1 heterocycles. The molecule has 8 nitrogen and oxygen atoms in total. The van der Waals surface area contributed by atoms with Crippen molar-refractivity contribution >= 4 is 23.7 Å². The first-order valence-corrected chi connectivity index (χ1v) is 12.5. The van der Waals surface area contributed by atoms with Crippen LogP contribution in [0.15, 0.2) is 0 Å². The molecule has 4 unspecified atom stereocenters.